The molecule has 5 atom stereocenters. The molecular formula is C21H27NO2. The normalized spacial score (nSPS) is 37.0. The molecule has 3 nitrogen and oxygen atoms in total. The zero-order valence-corrected chi connectivity index (χ0v) is 14.7. The molecule has 24 heavy (non-hydrogen) atoms. The molecule has 0 amide bonds. The predicted octanol–water partition coefficient (Wildman–Crippen LogP) is 4.79. The van der Waals surface area contributed by atoms with Crippen molar-refractivity contribution in [3.63, 3.8) is 0 Å². The van der Waals surface area contributed by atoms with Crippen LogP contribution in [-0.2, 0) is 6.42 Å². The summed E-state index contributed by atoms with van der Waals surface area (Å²) < 4.78 is 5.36. The first-order chi connectivity index (χ1) is 11.6. The number of fused-ring (bicyclic) bond motifs is 5. The molecule has 1 N–H and O–H groups in total. The summed E-state index contributed by atoms with van der Waals surface area (Å²) in [5.74, 6) is 3.55. The van der Waals surface area contributed by atoms with Crippen LogP contribution in [0.5, 0.6) is 11.5 Å². The summed E-state index contributed by atoms with van der Waals surface area (Å²) in [7, 11) is 1.63. The number of phenols is 1. The second-order valence-corrected chi connectivity index (χ2v) is 8.32. The van der Waals surface area contributed by atoms with E-state index in [9.17, 15) is 10.4 Å². The Morgan fingerprint density at radius 2 is 2.12 bits per heavy atom. The topological polar surface area (TPSA) is 53.2 Å². The van der Waals surface area contributed by atoms with Gasteiger partial charge in [0.15, 0.2) is 11.5 Å². The van der Waals surface area contributed by atoms with Crippen LogP contribution in [-0.4, -0.2) is 12.2 Å². The van der Waals surface area contributed by atoms with Gasteiger partial charge in [0.1, 0.15) is 0 Å². The number of phenolic OH excluding ortho intramolecular Hbond substituents is 1. The van der Waals surface area contributed by atoms with Crippen LogP contribution in [0.2, 0.25) is 0 Å². The van der Waals surface area contributed by atoms with Crippen LogP contribution in [0.1, 0.15) is 62.5 Å². The number of benzene rings is 1. The summed E-state index contributed by atoms with van der Waals surface area (Å²) in [4.78, 5) is 0. The Kier molecular flexibility index (Phi) is 3.75. The molecule has 128 valence electrons. The van der Waals surface area contributed by atoms with Gasteiger partial charge in [0.25, 0.3) is 0 Å². The lowest BCUT2D eigenvalue weighted by atomic mass is 9.54. The zero-order chi connectivity index (χ0) is 16.9. The lowest BCUT2D eigenvalue weighted by molar-refractivity contribution is 0.0296. The molecule has 3 heteroatoms. The maximum atomic E-state index is 10.1. The SMILES string of the molecule is COc1cc2c(cc1O)CC[C@@H]1[C@@H]2CC[C@]2(C)[C@@H](CC#N)CC[C@@H]12. The first kappa shape index (κ1) is 15.8. The average molecular weight is 325 g/mol. The van der Waals surface area contributed by atoms with Gasteiger partial charge >= 0.3 is 0 Å². The van der Waals surface area contributed by atoms with E-state index in [2.05, 4.69) is 19.1 Å². The molecule has 0 aliphatic heterocycles. The van der Waals surface area contributed by atoms with Crippen molar-refractivity contribution < 1.29 is 9.84 Å². The highest BCUT2D eigenvalue weighted by Crippen LogP contribution is 2.63. The quantitative estimate of drug-likeness (QED) is 0.851. The van der Waals surface area contributed by atoms with Crippen molar-refractivity contribution in [3.05, 3.63) is 23.3 Å². The molecule has 0 saturated heterocycles. The molecule has 2 fully saturated rings. The zero-order valence-electron chi connectivity index (χ0n) is 14.7. The summed E-state index contributed by atoms with van der Waals surface area (Å²) in [5.41, 5.74) is 3.08. The van der Waals surface area contributed by atoms with Gasteiger partial charge in [-0.15, -0.1) is 0 Å². The van der Waals surface area contributed by atoms with E-state index in [0.717, 1.165) is 24.7 Å². The number of nitriles is 1. The van der Waals surface area contributed by atoms with Gasteiger partial charge in [0.2, 0.25) is 0 Å². The fourth-order valence-corrected chi connectivity index (χ4v) is 6.31. The van der Waals surface area contributed by atoms with E-state index in [1.807, 2.05) is 6.07 Å². The minimum Gasteiger partial charge on any atom is -0.504 e. The van der Waals surface area contributed by atoms with E-state index in [1.165, 1.54) is 43.2 Å². The van der Waals surface area contributed by atoms with Crippen LogP contribution in [0, 0.1) is 34.5 Å². The maximum Gasteiger partial charge on any atom is 0.160 e. The number of hydrogen-bond donors (Lipinski definition) is 1. The minimum atomic E-state index is 0.269. The molecule has 1 aromatic rings. The summed E-state index contributed by atoms with van der Waals surface area (Å²) in [6.45, 7) is 2.45. The van der Waals surface area contributed by atoms with Gasteiger partial charge < -0.3 is 9.84 Å². The summed E-state index contributed by atoms with van der Waals surface area (Å²) in [6.07, 6.45) is 7.96. The van der Waals surface area contributed by atoms with Crippen molar-refractivity contribution >= 4 is 0 Å². The van der Waals surface area contributed by atoms with Crippen molar-refractivity contribution in [1.29, 1.82) is 5.26 Å². The first-order valence-electron chi connectivity index (χ1n) is 9.35. The van der Waals surface area contributed by atoms with Crippen LogP contribution in [0.3, 0.4) is 0 Å². The highest BCUT2D eigenvalue weighted by atomic mass is 16.5. The molecule has 0 unspecified atom stereocenters. The Hall–Kier alpha value is -1.69. The van der Waals surface area contributed by atoms with Crippen molar-refractivity contribution in [2.75, 3.05) is 7.11 Å². The molecule has 0 radical (unpaired) electrons. The van der Waals surface area contributed by atoms with Gasteiger partial charge in [-0.25, -0.2) is 0 Å². The molecule has 2 saturated carbocycles. The number of methoxy groups -OCH3 is 1. The van der Waals surface area contributed by atoms with Gasteiger partial charge in [-0.3, -0.25) is 0 Å². The summed E-state index contributed by atoms with van der Waals surface area (Å²) in [6, 6.07) is 6.44. The highest BCUT2D eigenvalue weighted by molar-refractivity contribution is 5.49. The summed E-state index contributed by atoms with van der Waals surface area (Å²) >= 11 is 0. The van der Waals surface area contributed by atoms with E-state index in [0.29, 0.717) is 23.0 Å². The molecule has 0 spiro atoms. The van der Waals surface area contributed by atoms with E-state index < -0.39 is 0 Å². The van der Waals surface area contributed by atoms with Crippen LogP contribution in [0.4, 0.5) is 0 Å². The first-order valence-corrected chi connectivity index (χ1v) is 9.35. The van der Waals surface area contributed by atoms with E-state index in [1.54, 1.807) is 7.11 Å². The van der Waals surface area contributed by atoms with Gasteiger partial charge in [0, 0.05) is 6.42 Å². The Bertz CT molecular complexity index is 692. The number of nitrogens with zero attached hydrogens (tertiary/aromatic N) is 1. The third-order valence-electron chi connectivity index (χ3n) is 7.56. The maximum absolute atomic E-state index is 10.1. The lowest BCUT2D eigenvalue weighted by Crippen LogP contribution is -2.42. The molecule has 1 aromatic carbocycles. The Balaban J connectivity index is 1.68. The van der Waals surface area contributed by atoms with E-state index >= 15 is 0 Å². The summed E-state index contributed by atoms with van der Waals surface area (Å²) in [5, 5.41) is 19.3. The Morgan fingerprint density at radius 1 is 1.29 bits per heavy atom. The smallest absolute Gasteiger partial charge is 0.160 e. The van der Waals surface area contributed by atoms with E-state index in [-0.39, 0.29) is 5.75 Å². The van der Waals surface area contributed by atoms with Crippen LogP contribution < -0.4 is 4.74 Å². The van der Waals surface area contributed by atoms with Crippen LogP contribution in [0.25, 0.3) is 0 Å². The predicted molar refractivity (Wildman–Crippen MR) is 93.0 cm³/mol. The van der Waals surface area contributed by atoms with Crippen molar-refractivity contribution in [1.82, 2.24) is 0 Å². The number of aryl methyl sites for hydroxylation is 1. The van der Waals surface area contributed by atoms with Gasteiger partial charge in [-0.1, -0.05) is 6.92 Å². The minimum absolute atomic E-state index is 0.269. The standard InChI is InChI=1S/C21H27NO2/c1-21-9-7-15-16(18(21)6-4-14(21)8-10-22)5-3-13-11-19(23)20(24-2)12-17(13)15/h11-12,14-16,18,23H,3-9H2,1-2H3/t14-,15+,16-,18+,21-/m1/s1. The van der Waals surface area contributed by atoms with E-state index in [4.69, 9.17) is 4.74 Å². The number of ether oxygens (including phenoxy) is 1. The molecular weight excluding hydrogens is 298 g/mol. The second-order valence-electron chi connectivity index (χ2n) is 8.32. The van der Waals surface area contributed by atoms with Gasteiger partial charge in [-0.2, -0.15) is 5.26 Å². The molecule has 3 aliphatic rings. The number of aromatic hydroxyl groups is 1. The van der Waals surface area contributed by atoms with Crippen molar-refractivity contribution in [2.45, 2.75) is 57.8 Å². The monoisotopic (exact) mass is 325 g/mol. The van der Waals surface area contributed by atoms with Crippen LogP contribution in [0.15, 0.2) is 12.1 Å². The third-order valence-corrected chi connectivity index (χ3v) is 7.56. The Labute approximate surface area is 144 Å². The second kappa shape index (κ2) is 5.69. The molecule has 0 heterocycles. The largest absolute Gasteiger partial charge is 0.504 e. The molecule has 0 bridgehead atoms. The van der Waals surface area contributed by atoms with Crippen molar-refractivity contribution in [2.24, 2.45) is 23.2 Å². The van der Waals surface area contributed by atoms with Gasteiger partial charge in [-0.05, 0) is 90.9 Å². The molecule has 0 aromatic heterocycles. The Morgan fingerprint density at radius 3 is 2.88 bits per heavy atom. The van der Waals surface area contributed by atoms with Crippen molar-refractivity contribution in [3.8, 4) is 17.6 Å². The molecule has 4 rings (SSSR count). The van der Waals surface area contributed by atoms with Crippen LogP contribution >= 0.6 is 0 Å². The fraction of sp³-hybridized carbons (Fsp3) is 0.667. The fourth-order valence-electron chi connectivity index (χ4n) is 6.31. The third kappa shape index (κ3) is 2.15. The average Bonchev–Trinajstić information content (AvgIpc) is 2.91. The number of rotatable bonds is 2. The number of hydrogen-bond acceptors (Lipinski definition) is 3. The van der Waals surface area contributed by atoms with Gasteiger partial charge in [0.05, 0.1) is 13.2 Å². The highest BCUT2D eigenvalue weighted by Gasteiger charge is 2.54. The molecule has 3 aliphatic carbocycles. The lowest BCUT2D eigenvalue weighted by Gasteiger charge is -2.51.